The molecule has 0 amide bonds. The molecule has 0 spiro atoms. The van der Waals surface area contributed by atoms with Crippen molar-refractivity contribution in [1.82, 2.24) is 14.3 Å². The maximum atomic E-state index is 4.24. The summed E-state index contributed by atoms with van der Waals surface area (Å²) >= 11 is 2.90. The Morgan fingerprint density at radius 2 is 2.42 bits per heavy atom. The van der Waals surface area contributed by atoms with E-state index < -0.39 is 0 Å². The molecule has 0 fully saturated rings. The van der Waals surface area contributed by atoms with E-state index in [0.29, 0.717) is 0 Å². The van der Waals surface area contributed by atoms with Crippen LogP contribution in [0.5, 0.6) is 0 Å². The number of nitrogens with one attached hydrogen (secondary N) is 1. The van der Waals surface area contributed by atoms with Gasteiger partial charge in [0.15, 0.2) is 5.82 Å². The summed E-state index contributed by atoms with van der Waals surface area (Å²) in [6, 6.07) is 0. The van der Waals surface area contributed by atoms with E-state index in [1.165, 1.54) is 11.5 Å². The van der Waals surface area contributed by atoms with E-state index in [4.69, 9.17) is 0 Å². The van der Waals surface area contributed by atoms with Gasteiger partial charge >= 0.3 is 0 Å². The van der Waals surface area contributed by atoms with Gasteiger partial charge in [-0.3, -0.25) is 4.98 Å². The summed E-state index contributed by atoms with van der Waals surface area (Å²) < 4.78 is 4.17. The summed E-state index contributed by atoms with van der Waals surface area (Å²) in [6.45, 7) is 0. The molecule has 2 heterocycles. The van der Waals surface area contributed by atoms with Gasteiger partial charge in [-0.05, 0) is 0 Å². The van der Waals surface area contributed by atoms with Crippen molar-refractivity contribution >= 4 is 28.0 Å². The van der Waals surface area contributed by atoms with Crippen LogP contribution >= 0.6 is 22.9 Å². The zero-order valence-electron chi connectivity index (χ0n) is 6.31. The number of nitrogens with zero attached hydrogens (tertiary/aromatic N) is 3. The standard InChI is InChI=1S/C6H6N4S2/c1-7-6-9-5(10-12-6)4-2-8-3-11-4/h2-3H,1H3,(H,7,9,10). The van der Waals surface area contributed by atoms with Crippen molar-refractivity contribution in [2.24, 2.45) is 0 Å². The van der Waals surface area contributed by atoms with Crippen LogP contribution in [0.1, 0.15) is 0 Å². The predicted octanol–water partition coefficient (Wildman–Crippen LogP) is 1.70. The average Bonchev–Trinajstić information content (AvgIpc) is 2.75. The lowest BCUT2D eigenvalue weighted by atomic mass is 10.5. The first kappa shape index (κ1) is 7.63. The molecule has 0 atom stereocenters. The van der Waals surface area contributed by atoms with Gasteiger partial charge in [0, 0.05) is 24.8 Å². The topological polar surface area (TPSA) is 50.7 Å². The van der Waals surface area contributed by atoms with Crippen LogP contribution in [-0.4, -0.2) is 21.4 Å². The van der Waals surface area contributed by atoms with Gasteiger partial charge in [0.2, 0.25) is 5.13 Å². The second kappa shape index (κ2) is 3.16. The maximum absolute atomic E-state index is 4.24. The molecule has 0 unspecified atom stereocenters. The third-order valence-corrected chi connectivity index (χ3v) is 2.79. The molecular formula is C6H6N4S2. The van der Waals surface area contributed by atoms with Crippen molar-refractivity contribution in [3.8, 4) is 10.7 Å². The van der Waals surface area contributed by atoms with Crippen molar-refractivity contribution < 1.29 is 0 Å². The van der Waals surface area contributed by atoms with Crippen LogP contribution in [-0.2, 0) is 0 Å². The first-order valence-electron chi connectivity index (χ1n) is 3.30. The highest BCUT2D eigenvalue weighted by Gasteiger charge is 2.05. The summed E-state index contributed by atoms with van der Waals surface area (Å²) in [5.41, 5.74) is 1.77. The molecule has 0 aromatic carbocycles. The highest BCUT2D eigenvalue weighted by Crippen LogP contribution is 2.23. The Morgan fingerprint density at radius 1 is 1.50 bits per heavy atom. The van der Waals surface area contributed by atoms with Gasteiger partial charge in [0.25, 0.3) is 0 Å². The molecule has 12 heavy (non-hydrogen) atoms. The van der Waals surface area contributed by atoms with E-state index in [1.54, 1.807) is 23.0 Å². The third-order valence-electron chi connectivity index (χ3n) is 1.29. The largest absolute Gasteiger partial charge is 0.363 e. The molecule has 0 aliphatic carbocycles. The number of anilines is 1. The van der Waals surface area contributed by atoms with Crippen LogP contribution < -0.4 is 5.32 Å². The summed E-state index contributed by atoms with van der Waals surface area (Å²) in [4.78, 5) is 9.20. The fourth-order valence-electron chi connectivity index (χ4n) is 0.751. The summed E-state index contributed by atoms with van der Waals surface area (Å²) in [5.74, 6) is 0.756. The maximum Gasteiger partial charge on any atom is 0.202 e. The van der Waals surface area contributed by atoms with Crippen LogP contribution in [0.15, 0.2) is 11.7 Å². The van der Waals surface area contributed by atoms with Crippen molar-refractivity contribution in [3.05, 3.63) is 11.7 Å². The van der Waals surface area contributed by atoms with E-state index in [9.17, 15) is 0 Å². The van der Waals surface area contributed by atoms with E-state index >= 15 is 0 Å². The van der Waals surface area contributed by atoms with Crippen molar-refractivity contribution in [3.63, 3.8) is 0 Å². The molecule has 0 aliphatic heterocycles. The van der Waals surface area contributed by atoms with Crippen LogP contribution in [0, 0.1) is 0 Å². The van der Waals surface area contributed by atoms with E-state index in [-0.39, 0.29) is 0 Å². The van der Waals surface area contributed by atoms with Gasteiger partial charge in [-0.2, -0.15) is 9.36 Å². The Hall–Kier alpha value is -1.01. The zero-order valence-corrected chi connectivity index (χ0v) is 7.95. The van der Waals surface area contributed by atoms with Crippen molar-refractivity contribution in [2.45, 2.75) is 0 Å². The molecular weight excluding hydrogens is 192 g/mol. The SMILES string of the molecule is CNc1nc(-c2cncs2)ns1. The Balaban J connectivity index is 2.35. The lowest BCUT2D eigenvalue weighted by Crippen LogP contribution is -1.85. The molecule has 4 nitrogen and oxygen atoms in total. The Morgan fingerprint density at radius 3 is 3.00 bits per heavy atom. The first-order valence-corrected chi connectivity index (χ1v) is 4.96. The molecule has 62 valence electrons. The van der Waals surface area contributed by atoms with Gasteiger partial charge in [-0.15, -0.1) is 11.3 Å². The molecule has 2 rings (SSSR count). The highest BCUT2D eigenvalue weighted by atomic mass is 32.1. The molecule has 1 N–H and O–H groups in total. The Kier molecular flexibility index (Phi) is 2.01. The smallest absolute Gasteiger partial charge is 0.202 e. The fourth-order valence-corrected chi connectivity index (χ4v) is 1.89. The summed E-state index contributed by atoms with van der Waals surface area (Å²) in [5, 5.41) is 3.77. The highest BCUT2D eigenvalue weighted by molar-refractivity contribution is 7.13. The van der Waals surface area contributed by atoms with E-state index in [2.05, 4.69) is 19.7 Å². The minimum absolute atomic E-state index is 0.756. The summed E-state index contributed by atoms with van der Waals surface area (Å²) in [6.07, 6.45) is 1.77. The number of hydrogen-bond donors (Lipinski definition) is 1. The lowest BCUT2D eigenvalue weighted by molar-refractivity contribution is 1.31. The van der Waals surface area contributed by atoms with Crippen molar-refractivity contribution in [2.75, 3.05) is 12.4 Å². The molecule has 2 aromatic rings. The number of rotatable bonds is 2. The second-order valence-corrected chi connectivity index (χ2v) is 3.68. The molecule has 2 aromatic heterocycles. The first-order chi connectivity index (χ1) is 5.90. The van der Waals surface area contributed by atoms with Crippen LogP contribution in [0.3, 0.4) is 0 Å². The Bertz CT molecular complexity index is 353. The van der Waals surface area contributed by atoms with Gasteiger partial charge in [0.1, 0.15) is 0 Å². The minimum atomic E-state index is 0.756. The second-order valence-electron chi connectivity index (χ2n) is 2.04. The van der Waals surface area contributed by atoms with E-state index in [0.717, 1.165) is 15.8 Å². The Labute approximate surface area is 77.5 Å². The molecule has 0 aliphatic rings. The van der Waals surface area contributed by atoms with Crippen LogP contribution in [0.25, 0.3) is 10.7 Å². The quantitative estimate of drug-likeness (QED) is 0.798. The molecule has 0 bridgehead atoms. The summed E-state index contributed by atoms with van der Waals surface area (Å²) in [7, 11) is 1.83. The number of aromatic nitrogens is 3. The molecule has 0 radical (unpaired) electrons. The average molecular weight is 198 g/mol. The predicted molar refractivity (Wildman–Crippen MR) is 50.6 cm³/mol. The monoisotopic (exact) mass is 198 g/mol. The zero-order chi connectivity index (χ0) is 8.39. The molecule has 6 heteroatoms. The van der Waals surface area contributed by atoms with Gasteiger partial charge in [-0.1, -0.05) is 0 Å². The lowest BCUT2D eigenvalue weighted by Gasteiger charge is -1.85. The number of thiazole rings is 1. The number of hydrogen-bond acceptors (Lipinski definition) is 6. The van der Waals surface area contributed by atoms with E-state index in [1.807, 2.05) is 7.05 Å². The van der Waals surface area contributed by atoms with Gasteiger partial charge < -0.3 is 5.32 Å². The fraction of sp³-hybridized carbons (Fsp3) is 0.167. The van der Waals surface area contributed by atoms with Crippen molar-refractivity contribution in [1.29, 1.82) is 0 Å². The third kappa shape index (κ3) is 1.30. The van der Waals surface area contributed by atoms with Gasteiger partial charge in [0.05, 0.1) is 10.4 Å². The molecule has 0 saturated heterocycles. The normalized spacial score (nSPS) is 10.1. The van der Waals surface area contributed by atoms with Crippen LogP contribution in [0.4, 0.5) is 5.13 Å². The van der Waals surface area contributed by atoms with Gasteiger partial charge in [-0.25, -0.2) is 0 Å². The molecule has 0 saturated carbocycles. The van der Waals surface area contributed by atoms with Crippen LogP contribution in [0.2, 0.25) is 0 Å². The minimum Gasteiger partial charge on any atom is -0.363 e.